The topological polar surface area (TPSA) is 110 Å². The van der Waals surface area contributed by atoms with E-state index in [-0.39, 0.29) is 11.3 Å². The zero-order valence-electron chi connectivity index (χ0n) is 18.1. The SMILES string of the molecule is COc1ccc(N2C(=O)C(O)=C(C(=O)/C=C/c3ccccc3)C2c2ccc([N+](=O)[O-])cc2)cc1. The third-order valence-electron chi connectivity index (χ3n) is 5.47. The molecule has 0 saturated carbocycles. The van der Waals surface area contributed by atoms with Gasteiger partial charge in [0.05, 0.1) is 23.6 Å². The molecular weight excluding hydrogens is 436 g/mol. The Morgan fingerprint density at radius 1 is 1.03 bits per heavy atom. The summed E-state index contributed by atoms with van der Waals surface area (Å²) < 4.78 is 5.17. The van der Waals surface area contributed by atoms with E-state index in [2.05, 4.69) is 0 Å². The normalized spacial score (nSPS) is 15.7. The average molecular weight is 456 g/mol. The lowest BCUT2D eigenvalue weighted by Gasteiger charge is -2.26. The summed E-state index contributed by atoms with van der Waals surface area (Å²) in [6.07, 6.45) is 2.89. The molecule has 0 fully saturated rings. The van der Waals surface area contributed by atoms with E-state index in [0.29, 0.717) is 17.0 Å². The van der Waals surface area contributed by atoms with Crippen molar-refractivity contribution < 1.29 is 24.4 Å². The standard InChI is InChI=1S/C26H20N2O6/c1-34-21-14-12-19(13-15-21)27-24(18-8-10-20(11-9-18)28(32)33)23(25(30)26(27)31)22(29)16-7-17-5-3-2-4-6-17/h2-16,24,30H,1H3/b16-7+. The zero-order valence-corrected chi connectivity index (χ0v) is 18.1. The van der Waals surface area contributed by atoms with Gasteiger partial charge in [0.1, 0.15) is 5.75 Å². The maximum atomic E-state index is 13.2. The van der Waals surface area contributed by atoms with Gasteiger partial charge in [-0.3, -0.25) is 24.6 Å². The van der Waals surface area contributed by atoms with Crippen molar-refractivity contribution in [1.82, 2.24) is 0 Å². The first kappa shape index (κ1) is 22.5. The van der Waals surface area contributed by atoms with Crippen LogP contribution >= 0.6 is 0 Å². The summed E-state index contributed by atoms with van der Waals surface area (Å²) in [5.74, 6) is -1.39. The number of rotatable bonds is 7. The van der Waals surface area contributed by atoms with Crippen molar-refractivity contribution in [3.8, 4) is 5.75 Å². The summed E-state index contributed by atoms with van der Waals surface area (Å²) in [6, 6.07) is 20.3. The molecule has 1 unspecified atom stereocenters. The van der Waals surface area contributed by atoms with E-state index in [1.807, 2.05) is 30.3 Å². The van der Waals surface area contributed by atoms with Crippen LogP contribution < -0.4 is 9.64 Å². The summed E-state index contributed by atoms with van der Waals surface area (Å²) >= 11 is 0. The lowest BCUT2D eigenvalue weighted by Crippen LogP contribution is -2.30. The number of carbonyl (C=O) groups excluding carboxylic acids is 2. The molecule has 0 spiro atoms. The smallest absolute Gasteiger partial charge is 0.294 e. The molecule has 0 aromatic heterocycles. The van der Waals surface area contributed by atoms with Crippen molar-refractivity contribution >= 4 is 29.1 Å². The predicted octanol–water partition coefficient (Wildman–Crippen LogP) is 4.79. The molecule has 8 nitrogen and oxygen atoms in total. The number of nitro groups is 1. The lowest BCUT2D eigenvalue weighted by atomic mass is 9.95. The summed E-state index contributed by atoms with van der Waals surface area (Å²) in [5, 5.41) is 21.8. The van der Waals surface area contributed by atoms with Crippen LogP contribution in [0.3, 0.4) is 0 Å². The van der Waals surface area contributed by atoms with Crippen LogP contribution in [0.15, 0.2) is 96.3 Å². The zero-order chi connectivity index (χ0) is 24.2. The summed E-state index contributed by atoms with van der Waals surface area (Å²) in [5.41, 5.74) is 1.40. The van der Waals surface area contributed by atoms with E-state index in [1.54, 1.807) is 30.3 Å². The Bertz CT molecular complexity index is 1300. The highest BCUT2D eigenvalue weighted by molar-refractivity contribution is 6.19. The second kappa shape index (κ2) is 9.41. The Kier molecular flexibility index (Phi) is 6.22. The van der Waals surface area contributed by atoms with Crippen LogP contribution in [-0.4, -0.2) is 28.8 Å². The molecule has 1 heterocycles. The van der Waals surface area contributed by atoms with Gasteiger partial charge in [-0.2, -0.15) is 0 Å². The molecule has 0 radical (unpaired) electrons. The number of nitrogens with zero attached hydrogens (tertiary/aromatic N) is 2. The van der Waals surface area contributed by atoms with Crippen molar-refractivity contribution in [3.63, 3.8) is 0 Å². The molecule has 0 saturated heterocycles. The van der Waals surface area contributed by atoms with Gasteiger partial charge in [-0.05, 0) is 53.6 Å². The minimum atomic E-state index is -0.977. The number of aliphatic hydroxyl groups is 1. The number of allylic oxidation sites excluding steroid dienone is 1. The Morgan fingerprint density at radius 3 is 2.26 bits per heavy atom. The van der Waals surface area contributed by atoms with Crippen molar-refractivity contribution in [1.29, 1.82) is 0 Å². The first-order valence-electron chi connectivity index (χ1n) is 10.3. The molecule has 3 aromatic rings. The van der Waals surface area contributed by atoms with Crippen molar-refractivity contribution in [2.45, 2.75) is 6.04 Å². The van der Waals surface area contributed by atoms with E-state index in [0.717, 1.165) is 5.56 Å². The molecule has 1 aliphatic rings. The summed E-state index contributed by atoms with van der Waals surface area (Å²) in [6.45, 7) is 0. The van der Waals surface area contributed by atoms with Crippen molar-refractivity contribution in [3.05, 3.63) is 118 Å². The number of non-ortho nitro benzene ring substituents is 1. The van der Waals surface area contributed by atoms with Gasteiger partial charge >= 0.3 is 0 Å². The van der Waals surface area contributed by atoms with Gasteiger partial charge in [0.15, 0.2) is 11.5 Å². The summed E-state index contributed by atoms with van der Waals surface area (Å²) in [7, 11) is 1.51. The molecule has 34 heavy (non-hydrogen) atoms. The molecule has 1 amide bonds. The number of amides is 1. The Hall–Kier alpha value is -4.72. The largest absolute Gasteiger partial charge is 0.503 e. The van der Waals surface area contributed by atoms with Crippen LogP contribution in [0.1, 0.15) is 17.2 Å². The molecule has 1 N–H and O–H groups in total. The monoisotopic (exact) mass is 456 g/mol. The number of hydrogen-bond donors (Lipinski definition) is 1. The van der Waals surface area contributed by atoms with Crippen LogP contribution in [0.2, 0.25) is 0 Å². The molecule has 3 aromatic carbocycles. The third kappa shape index (κ3) is 4.29. The van der Waals surface area contributed by atoms with Crippen LogP contribution in [0.4, 0.5) is 11.4 Å². The summed E-state index contributed by atoms with van der Waals surface area (Å²) in [4.78, 5) is 38.2. The van der Waals surface area contributed by atoms with E-state index in [9.17, 15) is 24.8 Å². The van der Waals surface area contributed by atoms with Crippen LogP contribution in [0.5, 0.6) is 5.75 Å². The van der Waals surface area contributed by atoms with E-state index in [4.69, 9.17) is 4.74 Å². The number of carbonyl (C=O) groups is 2. The molecule has 4 rings (SSSR count). The van der Waals surface area contributed by atoms with Gasteiger partial charge in [0.25, 0.3) is 11.6 Å². The van der Waals surface area contributed by atoms with Crippen molar-refractivity contribution in [2.75, 3.05) is 12.0 Å². The maximum absolute atomic E-state index is 13.2. The van der Waals surface area contributed by atoms with Gasteiger partial charge in [0, 0.05) is 17.8 Å². The van der Waals surface area contributed by atoms with E-state index >= 15 is 0 Å². The fourth-order valence-electron chi connectivity index (χ4n) is 3.79. The Labute approximate surface area is 195 Å². The minimum absolute atomic E-state index is 0.109. The number of nitro benzene ring substituents is 1. The number of hydrogen-bond acceptors (Lipinski definition) is 6. The van der Waals surface area contributed by atoms with Crippen LogP contribution in [-0.2, 0) is 9.59 Å². The second-order valence-corrected chi connectivity index (χ2v) is 7.49. The number of methoxy groups -OCH3 is 1. The number of aliphatic hydroxyl groups excluding tert-OH is 1. The average Bonchev–Trinajstić information content (AvgIpc) is 3.13. The van der Waals surface area contributed by atoms with Gasteiger partial charge in [0.2, 0.25) is 0 Å². The van der Waals surface area contributed by atoms with E-state index < -0.39 is 28.4 Å². The van der Waals surface area contributed by atoms with Crippen molar-refractivity contribution in [2.24, 2.45) is 0 Å². The highest BCUT2D eigenvalue weighted by Gasteiger charge is 2.43. The van der Waals surface area contributed by atoms with Gasteiger partial charge < -0.3 is 9.84 Å². The maximum Gasteiger partial charge on any atom is 0.294 e. The number of ketones is 1. The minimum Gasteiger partial charge on any atom is -0.503 e. The lowest BCUT2D eigenvalue weighted by molar-refractivity contribution is -0.384. The molecule has 1 atom stereocenters. The second-order valence-electron chi connectivity index (χ2n) is 7.49. The molecule has 1 aliphatic heterocycles. The number of anilines is 1. The quantitative estimate of drug-likeness (QED) is 0.311. The highest BCUT2D eigenvalue weighted by atomic mass is 16.6. The Morgan fingerprint density at radius 2 is 1.68 bits per heavy atom. The molecule has 0 bridgehead atoms. The first-order chi connectivity index (χ1) is 16.4. The van der Waals surface area contributed by atoms with Crippen LogP contribution in [0, 0.1) is 10.1 Å². The van der Waals surface area contributed by atoms with Crippen LogP contribution in [0.25, 0.3) is 6.08 Å². The highest BCUT2D eigenvalue weighted by Crippen LogP contribution is 2.41. The predicted molar refractivity (Wildman–Crippen MR) is 126 cm³/mol. The Balaban J connectivity index is 1.78. The third-order valence-corrected chi connectivity index (χ3v) is 5.47. The van der Waals surface area contributed by atoms with Gasteiger partial charge in [-0.1, -0.05) is 36.4 Å². The molecule has 0 aliphatic carbocycles. The molecular formula is C26H20N2O6. The molecule has 170 valence electrons. The number of benzene rings is 3. The van der Waals surface area contributed by atoms with Gasteiger partial charge in [-0.15, -0.1) is 0 Å². The number of ether oxygens (including phenoxy) is 1. The van der Waals surface area contributed by atoms with Gasteiger partial charge in [-0.25, -0.2) is 0 Å². The van der Waals surface area contributed by atoms with E-state index in [1.165, 1.54) is 42.4 Å². The fourth-order valence-corrected chi connectivity index (χ4v) is 3.79. The molecule has 8 heteroatoms. The fraction of sp³-hybridized carbons (Fsp3) is 0.0769. The first-order valence-corrected chi connectivity index (χ1v) is 10.3.